The van der Waals surface area contributed by atoms with Gasteiger partial charge in [0.15, 0.2) is 0 Å². The minimum atomic E-state index is -0.931. The molecule has 0 saturated carbocycles. The highest BCUT2D eigenvalue weighted by Gasteiger charge is 2.22. The Hall–Kier alpha value is -4.31. The highest BCUT2D eigenvalue weighted by molar-refractivity contribution is 5.96. The van der Waals surface area contributed by atoms with Gasteiger partial charge in [-0.3, -0.25) is 14.4 Å². The zero-order chi connectivity index (χ0) is 29.4. The van der Waals surface area contributed by atoms with E-state index >= 15 is 0 Å². The summed E-state index contributed by atoms with van der Waals surface area (Å²) in [6, 6.07) is 14.9. The Morgan fingerprint density at radius 2 is 1.63 bits per heavy atom. The van der Waals surface area contributed by atoms with E-state index in [9.17, 15) is 19.5 Å². The second-order valence-corrected chi connectivity index (χ2v) is 10.3. The number of carbonyl (C=O) groups excluding carboxylic acids is 1. The molecular formula is C31H37N3O7. The number of carboxylic acid groups (broad SMARTS) is 2. The molecule has 10 nitrogen and oxygen atoms in total. The van der Waals surface area contributed by atoms with Gasteiger partial charge in [0.25, 0.3) is 5.91 Å². The van der Waals surface area contributed by atoms with Gasteiger partial charge in [0.05, 0.1) is 6.61 Å². The Morgan fingerprint density at radius 3 is 2.32 bits per heavy atom. The molecule has 10 heteroatoms. The molecular weight excluding hydrogens is 526 g/mol. The van der Waals surface area contributed by atoms with Crippen LogP contribution in [0.3, 0.4) is 0 Å². The van der Waals surface area contributed by atoms with Crippen molar-refractivity contribution < 1.29 is 34.1 Å². The van der Waals surface area contributed by atoms with E-state index in [0.29, 0.717) is 42.1 Å². The fourth-order valence-electron chi connectivity index (χ4n) is 4.87. The first-order valence-electron chi connectivity index (χ1n) is 13.8. The van der Waals surface area contributed by atoms with Crippen LogP contribution in [-0.2, 0) is 29.7 Å². The van der Waals surface area contributed by atoms with Gasteiger partial charge in [0.1, 0.15) is 18.1 Å². The van der Waals surface area contributed by atoms with Crippen LogP contribution in [0.5, 0.6) is 11.5 Å². The number of aliphatic carboxylic acids is 2. The minimum absolute atomic E-state index is 0.0140. The lowest BCUT2D eigenvalue weighted by Gasteiger charge is -2.32. The molecule has 0 unspecified atom stereocenters. The molecule has 2 aromatic carbocycles. The number of aryl methyl sites for hydroxylation is 1. The Labute approximate surface area is 239 Å². The molecule has 218 valence electrons. The quantitative estimate of drug-likeness (QED) is 0.300. The minimum Gasteiger partial charge on any atom is -0.493 e. The Bertz CT molecular complexity index is 1380. The fourth-order valence-corrected chi connectivity index (χ4v) is 4.87. The van der Waals surface area contributed by atoms with Crippen LogP contribution in [0.4, 0.5) is 0 Å². The van der Waals surface area contributed by atoms with Crippen molar-refractivity contribution in [3.63, 3.8) is 0 Å². The van der Waals surface area contributed by atoms with Gasteiger partial charge in [-0.1, -0.05) is 12.1 Å². The van der Waals surface area contributed by atoms with E-state index in [-0.39, 0.29) is 38.4 Å². The van der Waals surface area contributed by atoms with Gasteiger partial charge < -0.3 is 34.1 Å². The van der Waals surface area contributed by atoms with Crippen molar-refractivity contribution in [3.05, 3.63) is 71.4 Å². The predicted molar refractivity (Wildman–Crippen MR) is 153 cm³/mol. The molecule has 0 aliphatic carbocycles. The van der Waals surface area contributed by atoms with Crippen LogP contribution in [0.2, 0.25) is 0 Å². The lowest BCUT2D eigenvalue weighted by Crippen LogP contribution is -2.47. The number of aromatic nitrogens is 1. The first-order chi connectivity index (χ1) is 19.7. The van der Waals surface area contributed by atoms with E-state index in [1.807, 2.05) is 60.1 Å². The van der Waals surface area contributed by atoms with E-state index in [1.165, 1.54) is 0 Å². The Morgan fingerprint density at radius 1 is 0.878 bits per heavy atom. The van der Waals surface area contributed by atoms with Crippen molar-refractivity contribution in [2.75, 3.05) is 39.8 Å². The summed E-state index contributed by atoms with van der Waals surface area (Å²) in [5.41, 5.74) is 3.82. The van der Waals surface area contributed by atoms with Gasteiger partial charge in [-0.05, 0) is 61.9 Å². The topological polar surface area (TPSA) is 122 Å². The van der Waals surface area contributed by atoms with Crippen molar-refractivity contribution in [1.82, 2.24) is 14.4 Å². The average Bonchev–Trinajstić information content (AvgIpc) is 3.39. The number of rotatable bonds is 13. The average molecular weight is 564 g/mol. The number of hydrogen-bond acceptors (Lipinski definition) is 6. The van der Waals surface area contributed by atoms with Gasteiger partial charge >= 0.3 is 11.9 Å². The third-order valence-electron chi connectivity index (χ3n) is 7.19. The SMILES string of the molecule is CN1CCN(C(=O)c2cc(OCc3cccc(OCCCC(=O)O)c3CCC(=O)O)cc(-c3cccn3C)c2)CC1. The molecule has 0 radical (unpaired) electrons. The van der Waals surface area contributed by atoms with Gasteiger partial charge in [0.2, 0.25) is 0 Å². The first-order valence-corrected chi connectivity index (χ1v) is 13.8. The van der Waals surface area contributed by atoms with Crippen LogP contribution in [0.25, 0.3) is 11.3 Å². The van der Waals surface area contributed by atoms with Gasteiger partial charge in [-0.25, -0.2) is 0 Å². The Balaban J connectivity index is 1.59. The van der Waals surface area contributed by atoms with Crippen molar-refractivity contribution >= 4 is 17.8 Å². The zero-order valence-electron chi connectivity index (χ0n) is 23.5. The number of benzene rings is 2. The van der Waals surface area contributed by atoms with Crippen LogP contribution in [0.1, 0.15) is 40.7 Å². The molecule has 4 rings (SSSR count). The van der Waals surface area contributed by atoms with Crippen molar-refractivity contribution in [2.24, 2.45) is 7.05 Å². The summed E-state index contributed by atoms with van der Waals surface area (Å²) in [6.07, 6.45) is 2.42. The molecule has 0 atom stereocenters. The molecule has 1 amide bonds. The first kappa shape index (κ1) is 29.7. The number of ether oxygens (including phenoxy) is 2. The van der Waals surface area contributed by atoms with Gasteiger partial charge in [-0.15, -0.1) is 0 Å². The van der Waals surface area contributed by atoms with Crippen LogP contribution < -0.4 is 9.47 Å². The molecule has 2 heterocycles. The monoisotopic (exact) mass is 563 g/mol. The van der Waals surface area contributed by atoms with Gasteiger partial charge in [-0.2, -0.15) is 0 Å². The van der Waals surface area contributed by atoms with Crippen LogP contribution in [0, 0.1) is 0 Å². The van der Waals surface area contributed by atoms with Gasteiger partial charge in [0, 0.05) is 74.6 Å². The molecule has 1 aliphatic rings. The largest absolute Gasteiger partial charge is 0.493 e. The molecule has 3 aromatic rings. The summed E-state index contributed by atoms with van der Waals surface area (Å²) in [5.74, 6) is -0.831. The van der Waals surface area contributed by atoms with Crippen molar-refractivity contribution in [3.8, 4) is 22.8 Å². The second kappa shape index (κ2) is 13.8. The van der Waals surface area contributed by atoms with Crippen molar-refractivity contribution in [1.29, 1.82) is 0 Å². The highest BCUT2D eigenvalue weighted by atomic mass is 16.5. The molecule has 1 aliphatic heterocycles. The fraction of sp³-hybridized carbons (Fsp3) is 0.387. The summed E-state index contributed by atoms with van der Waals surface area (Å²) in [6.45, 7) is 3.30. The van der Waals surface area contributed by atoms with E-state index in [0.717, 1.165) is 29.9 Å². The van der Waals surface area contributed by atoms with E-state index in [2.05, 4.69) is 4.90 Å². The molecule has 2 N–H and O–H groups in total. The number of carboxylic acids is 2. The lowest BCUT2D eigenvalue weighted by molar-refractivity contribution is -0.138. The maximum atomic E-state index is 13.5. The molecule has 1 saturated heterocycles. The maximum absolute atomic E-state index is 13.5. The summed E-state index contributed by atoms with van der Waals surface area (Å²) in [5, 5.41) is 18.2. The number of amides is 1. The van der Waals surface area contributed by atoms with Crippen LogP contribution in [0.15, 0.2) is 54.7 Å². The van der Waals surface area contributed by atoms with Crippen molar-refractivity contribution in [2.45, 2.75) is 32.3 Å². The van der Waals surface area contributed by atoms with Crippen LogP contribution >= 0.6 is 0 Å². The summed E-state index contributed by atoms with van der Waals surface area (Å²) < 4.78 is 14.1. The smallest absolute Gasteiger partial charge is 0.303 e. The third kappa shape index (κ3) is 8.11. The number of nitrogens with zero attached hydrogens (tertiary/aromatic N) is 3. The molecule has 0 spiro atoms. The number of hydrogen-bond donors (Lipinski definition) is 2. The molecule has 41 heavy (non-hydrogen) atoms. The normalized spacial score (nSPS) is 13.7. The van der Waals surface area contributed by atoms with E-state index in [4.69, 9.17) is 14.6 Å². The molecule has 1 aromatic heterocycles. The third-order valence-corrected chi connectivity index (χ3v) is 7.19. The summed E-state index contributed by atoms with van der Waals surface area (Å²) in [4.78, 5) is 39.8. The van der Waals surface area contributed by atoms with E-state index < -0.39 is 11.9 Å². The predicted octanol–water partition coefficient (Wildman–Crippen LogP) is 3.92. The zero-order valence-corrected chi connectivity index (χ0v) is 23.5. The summed E-state index contributed by atoms with van der Waals surface area (Å²) in [7, 11) is 3.99. The van der Waals surface area contributed by atoms with E-state index in [1.54, 1.807) is 18.2 Å². The highest BCUT2D eigenvalue weighted by Crippen LogP contribution is 2.30. The second-order valence-electron chi connectivity index (χ2n) is 10.3. The number of carbonyl (C=O) groups is 3. The number of piperazine rings is 1. The molecule has 0 bridgehead atoms. The maximum Gasteiger partial charge on any atom is 0.303 e. The Kier molecular flexibility index (Phi) is 10.0. The summed E-state index contributed by atoms with van der Waals surface area (Å²) >= 11 is 0. The lowest BCUT2D eigenvalue weighted by atomic mass is 10.0. The number of likely N-dealkylation sites (N-methyl/N-ethyl adjacent to an activating group) is 1. The standard InChI is InChI=1S/C31H37N3O7/c1-32-13-15-34(16-14-32)31(39)24-18-23(27-7-4-12-33(27)2)19-25(20-24)41-21-22-6-3-8-28(26(22)10-11-30(37)38)40-17-5-9-29(35)36/h3-4,6-8,12,18-20H,5,9-11,13-17,21H2,1-2H3,(H,35,36)(H,37,38). The molecule has 1 fully saturated rings. The van der Waals surface area contributed by atoms with Crippen LogP contribution in [-0.4, -0.2) is 82.3 Å².